The number of hydrogen-bond donors (Lipinski definition) is 3. The number of nitrogens with one attached hydrogen (secondary N) is 2. The van der Waals surface area contributed by atoms with E-state index in [1.54, 1.807) is 13.2 Å². The zero-order chi connectivity index (χ0) is 11.4. The topological polar surface area (TPSA) is 85.0 Å². The molecule has 1 rings (SSSR count). The molecule has 0 fully saturated rings. The van der Waals surface area contributed by atoms with E-state index in [-0.39, 0.29) is 5.69 Å². The van der Waals surface area contributed by atoms with Crippen LogP contribution in [-0.4, -0.2) is 27.3 Å². The molecule has 0 unspecified atom stereocenters. The Kier molecular flexibility index (Phi) is 3.62. The SMILES string of the molecule is CCNC(=S)Nc1cn(C)nc1C(N)=O. The van der Waals surface area contributed by atoms with Gasteiger partial charge < -0.3 is 16.4 Å². The lowest BCUT2D eigenvalue weighted by Crippen LogP contribution is -2.28. The van der Waals surface area contributed by atoms with Crippen molar-refractivity contribution >= 4 is 28.9 Å². The number of amides is 1. The van der Waals surface area contributed by atoms with Crippen molar-refractivity contribution in [1.82, 2.24) is 15.1 Å². The van der Waals surface area contributed by atoms with Crippen LogP contribution in [0.3, 0.4) is 0 Å². The highest BCUT2D eigenvalue weighted by Crippen LogP contribution is 2.11. The minimum atomic E-state index is -0.586. The number of primary amides is 1. The molecule has 1 heterocycles. The van der Waals surface area contributed by atoms with E-state index >= 15 is 0 Å². The zero-order valence-electron chi connectivity index (χ0n) is 8.57. The lowest BCUT2D eigenvalue weighted by Gasteiger charge is -2.06. The number of thiocarbonyl (C=S) groups is 1. The van der Waals surface area contributed by atoms with Gasteiger partial charge in [-0.1, -0.05) is 0 Å². The Labute approximate surface area is 92.8 Å². The summed E-state index contributed by atoms with van der Waals surface area (Å²) in [4.78, 5) is 11.0. The molecule has 0 spiro atoms. The first-order chi connectivity index (χ1) is 7.04. The summed E-state index contributed by atoms with van der Waals surface area (Å²) in [5, 5.41) is 10.1. The molecule has 0 atom stereocenters. The molecular formula is C8H13N5OS. The summed E-state index contributed by atoms with van der Waals surface area (Å²) in [6, 6.07) is 0. The maximum Gasteiger partial charge on any atom is 0.271 e. The Morgan fingerprint density at radius 1 is 1.73 bits per heavy atom. The van der Waals surface area contributed by atoms with Crippen LogP contribution in [0.1, 0.15) is 17.4 Å². The van der Waals surface area contributed by atoms with Crippen molar-refractivity contribution in [1.29, 1.82) is 0 Å². The highest BCUT2D eigenvalue weighted by atomic mass is 32.1. The van der Waals surface area contributed by atoms with E-state index in [1.165, 1.54) is 4.68 Å². The number of nitrogens with zero attached hydrogens (tertiary/aromatic N) is 2. The van der Waals surface area contributed by atoms with Crippen LogP contribution in [-0.2, 0) is 7.05 Å². The van der Waals surface area contributed by atoms with Crippen LogP contribution < -0.4 is 16.4 Å². The summed E-state index contributed by atoms with van der Waals surface area (Å²) in [5.74, 6) is -0.586. The number of anilines is 1. The van der Waals surface area contributed by atoms with Gasteiger partial charge in [-0.05, 0) is 19.1 Å². The van der Waals surface area contributed by atoms with Crippen molar-refractivity contribution in [3.63, 3.8) is 0 Å². The molecule has 15 heavy (non-hydrogen) atoms. The van der Waals surface area contributed by atoms with Gasteiger partial charge in [0.2, 0.25) is 0 Å². The van der Waals surface area contributed by atoms with Crippen LogP contribution in [0.5, 0.6) is 0 Å². The van der Waals surface area contributed by atoms with Gasteiger partial charge >= 0.3 is 0 Å². The van der Waals surface area contributed by atoms with E-state index < -0.39 is 5.91 Å². The summed E-state index contributed by atoms with van der Waals surface area (Å²) >= 11 is 4.98. The third kappa shape index (κ3) is 2.91. The van der Waals surface area contributed by atoms with Crippen LogP contribution in [0.15, 0.2) is 6.20 Å². The van der Waals surface area contributed by atoms with Crippen LogP contribution >= 0.6 is 12.2 Å². The smallest absolute Gasteiger partial charge is 0.271 e. The largest absolute Gasteiger partial charge is 0.364 e. The van der Waals surface area contributed by atoms with Crippen LogP contribution in [0, 0.1) is 0 Å². The summed E-state index contributed by atoms with van der Waals surface area (Å²) in [6.07, 6.45) is 1.64. The second kappa shape index (κ2) is 4.74. The van der Waals surface area contributed by atoms with Crippen molar-refractivity contribution in [3.05, 3.63) is 11.9 Å². The first-order valence-corrected chi connectivity index (χ1v) is 4.83. The summed E-state index contributed by atoms with van der Waals surface area (Å²) < 4.78 is 1.50. The Bertz CT molecular complexity index is 386. The summed E-state index contributed by atoms with van der Waals surface area (Å²) in [7, 11) is 1.70. The normalized spacial score (nSPS) is 9.73. The van der Waals surface area contributed by atoms with Gasteiger partial charge in [0.1, 0.15) is 0 Å². The van der Waals surface area contributed by atoms with Crippen LogP contribution in [0.2, 0.25) is 0 Å². The van der Waals surface area contributed by atoms with E-state index in [1.807, 2.05) is 6.92 Å². The van der Waals surface area contributed by atoms with Gasteiger partial charge in [-0.15, -0.1) is 0 Å². The third-order valence-corrected chi connectivity index (χ3v) is 1.89. The fourth-order valence-electron chi connectivity index (χ4n) is 1.09. The number of carbonyl (C=O) groups excluding carboxylic acids is 1. The predicted octanol–water partition coefficient (Wildman–Crippen LogP) is -0.175. The molecule has 4 N–H and O–H groups in total. The Hall–Kier alpha value is -1.63. The molecule has 0 aliphatic heterocycles. The molecule has 0 saturated carbocycles. The van der Waals surface area contributed by atoms with E-state index in [2.05, 4.69) is 15.7 Å². The molecule has 6 nitrogen and oxygen atoms in total. The van der Waals surface area contributed by atoms with Gasteiger partial charge in [0, 0.05) is 19.8 Å². The fourth-order valence-corrected chi connectivity index (χ4v) is 1.34. The average molecular weight is 227 g/mol. The van der Waals surface area contributed by atoms with Gasteiger partial charge in [-0.2, -0.15) is 5.10 Å². The highest BCUT2D eigenvalue weighted by molar-refractivity contribution is 7.80. The molecule has 82 valence electrons. The Morgan fingerprint density at radius 3 is 2.93 bits per heavy atom. The molecule has 0 radical (unpaired) electrons. The molecule has 0 aromatic carbocycles. The summed E-state index contributed by atoms with van der Waals surface area (Å²) in [6.45, 7) is 2.63. The zero-order valence-corrected chi connectivity index (χ0v) is 9.39. The minimum absolute atomic E-state index is 0.178. The number of carbonyl (C=O) groups is 1. The molecule has 1 aromatic heterocycles. The maximum atomic E-state index is 11.0. The van der Waals surface area contributed by atoms with Gasteiger partial charge in [0.25, 0.3) is 5.91 Å². The van der Waals surface area contributed by atoms with Crippen molar-refractivity contribution in [3.8, 4) is 0 Å². The Balaban J connectivity index is 2.84. The molecular weight excluding hydrogens is 214 g/mol. The lowest BCUT2D eigenvalue weighted by atomic mass is 10.3. The number of nitrogens with two attached hydrogens (primary N) is 1. The van der Waals surface area contributed by atoms with Crippen molar-refractivity contribution in [2.24, 2.45) is 12.8 Å². The quantitative estimate of drug-likeness (QED) is 0.624. The molecule has 7 heteroatoms. The maximum absolute atomic E-state index is 11.0. The first kappa shape index (κ1) is 11.4. The number of hydrogen-bond acceptors (Lipinski definition) is 3. The molecule has 0 saturated heterocycles. The molecule has 0 aliphatic rings. The lowest BCUT2D eigenvalue weighted by molar-refractivity contribution is 0.0995. The van der Waals surface area contributed by atoms with Gasteiger partial charge in [-0.3, -0.25) is 9.48 Å². The van der Waals surface area contributed by atoms with Gasteiger partial charge in [0.15, 0.2) is 10.8 Å². The Morgan fingerprint density at radius 2 is 2.40 bits per heavy atom. The highest BCUT2D eigenvalue weighted by Gasteiger charge is 2.13. The van der Waals surface area contributed by atoms with E-state index in [0.717, 1.165) is 0 Å². The molecule has 0 aliphatic carbocycles. The second-order valence-corrected chi connectivity index (χ2v) is 3.32. The van der Waals surface area contributed by atoms with E-state index in [4.69, 9.17) is 18.0 Å². The van der Waals surface area contributed by atoms with Crippen LogP contribution in [0.4, 0.5) is 5.69 Å². The first-order valence-electron chi connectivity index (χ1n) is 4.43. The molecule has 1 amide bonds. The van der Waals surface area contributed by atoms with E-state index in [0.29, 0.717) is 17.3 Å². The second-order valence-electron chi connectivity index (χ2n) is 2.91. The van der Waals surface area contributed by atoms with Gasteiger partial charge in [-0.25, -0.2) is 0 Å². The van der Waals surface area contributed by atoms with Crippen molar-refractivity contribution < 1.29 is 4.79 Å². The van der Waals surface area contributed by atoms with E-state index in [9.17, 15) is 4.79 Å². The predicted molar refractivity (Wildman–Crippen MR) is 61.6 cm³/mol. The van der Waals surface area contributed by atoms with Crippen LogP contribution in [0.25, 0.3) is 0 Å². The summed E-state index contributed by atoms with van der Waals surface area (Å²) in [5.41, 5.74) is 5.85. The van der Waals surface area contributed by atoms with Crippen molar-refractivity contribution in [2.75, 3.05) is 11.9 Å². The van der Waals surface area contributed by atoms with Gasteiger partial charge in [0.05, 0.1) is 5.69 Å². The minimum Gasteiger partial charge on any atom is -0.364 e. The number of aryl methyl sites for hydroxylation is 1. The number of aromatic nitrogens is 2. The molecule has 0 bridgehead atoms. The fraction of sp³-hybridized carbons (Fsp3) is 0.375. The third-order valence-electron chi connectivity index (χ3n) is 1.65. The molecule has 1 aromatic rings. The van der Waals surface area contributed by atoms with Crippen molar-refractivity contribution in [2.45, 2.75) is 6.92 Å². The standard InChI is InChI=1S/C8H13N5OS/c1-3-10-8(15)11-5-4-13(2)12-6(5)7(9)14/h4H,3H2,1-2H3,(H2,9,14)(H2,10,11,15). The number of rotatable bonds is 3. The monoisotopic (exact) mass is 227 g/mol. The average Bonchev–Trinajstić information content (AvgIpc) is 2.47.